The second-order valence-electron chi connectivity index (χ2n) is 8.25. The van der Waals surface area contributed by atoms with E-state index in [2.05, 4.69) is 15.1 Å². The number of benzene rings is 2. The quantitative estimate of drug-likeness (QED) is 0.587. The van der Waals surface area contributed by atoms with Gasteiger partial charge in [-0.1, -0.05) is 29.8 Å². The fourth-order valence-electron chi connectivity index (χ4n) is 3.14. The third kappa shape index (κ3) is 5.15. The first-order chi connectivity index (χ1) is 14.4. The number of nitrogens with one attached hydrogen (secondary N) is 2. The molecule has 0 spiro atoms. The van der Waals surface area contributed by atoms with Gasteiger partial charge in [0.15, 0.2) is 0 Å². The van der Waals surface area contributed by atoms with Gasteiger partial charge in [0.05, 0.1) is 27.8 Å². The number of rotatable bonds is 5. The van der Waals surface area contributed by atoms with Crippen molar-refractivity contribution in [1.82, 2.24) is 14.5 Å². The average molecular weight is 461 g/mol. The highest BCUT2D eigenvalue weighted by Crippen LogP contribution is 2.26. The molecule has 0 bridgehead atoms. The van der Waals surface area contributed by atoms with Crippen molar-refractivity contribution < 1.29 is 13.2 Å². The lowest BCUT2D eigenvalue weighted by Crippen LogP contribution is -2.40. The third-order valence-electron chi connectivity index (χ3n) is 4.45. The number of anilines is 1. The van der Waals surface area contributed by atoms with Gasteiger partial charge in [-0.25, -0.2) is 17.8 Å². The van der Waals surface area contributed by atoms with Gasteiger partial charge in [0.1, 0.15) is 4.90 Å². The van der Waals surface area contributed by atoms with Crippen LogP contribution in [0.3, 0.4) is 0 Å². The Labute approximate surface area is 187 Å². The first-order valence-corrected chi connectivity index (χ1v) is 11.5. The summed E-state index contributed by atoms with van der Waals surface area (Å²) < 4.78 is 29.8. The molecule has 3 aromatic rings. The smallest absolute Gasteiger partial charge is 0.255 e. The summed E-state index contributed by atoms with van der Waals surface area (Å²) in [6.45, 7) is 8.83. The van der Waals surface area contributed by atoms with Crippen LogP contribution >= 0.6 is 11.6 Å². The molecule has 0 atom stereocenters. The fourth-order valence-corrected chi connectivity index (χ4v) is 5.08. The lowest BCUT2D eigenvalue weighted by Gasteiger charge is -2.21. The maximum atomic E-state index is 12.9. The molecule has 0 aliphatic rings. The molecular weight excluding hydrogens is 436 g/mol. The van der Waals surface area contributed by atoms with Crippen molar-refractivity contribution in [2.45, 2.75) is 45.1 Å². The van der Waals surface area contributed by atoms with E-state index in [0.717, 1.165) is 11.4 Å². The predicted molar refractivity (Wildman–Crippen MR) is 123 cm³/mol. The van der Waals surface area contributed by atoms with Crippen molar-refractivity contribution >= 4 is 33.2 Å². The van der Waals surface area contributed by atoms with Crippen LogP contribution in [0.2, 0.25) is 5.02 Å². The maximum Gasteiger partial charge on any atom is 0.255 e. The van der Waals surface area contributed by atoms with Gasteiger partial charge in [-0.3, -0.25) is 4.79 Å². The minimum atomic E-state index is -3.90. The molecule has 2 N–H and O–H groups in total. The molecular formula is C22H25ClN4O3S. The molecule has 0 fully saturated rings. The van der Waals surface area contributed by atoms with Crippen LogP contribution in [0.1, 0.15) is 42.5 Å². The van der Waals surface area contributed by atoms with Crippen LogP contribution in [-0.4, -0.2) is 29.6 Å². The topological polar surface area (TPSA) is 93.1 Å². The Morgan fingerprint density at radius 3 is 2.32 bits per heavy atom. The Morgan fingerprint density at radius 1 is 1.06 bits per heavy atom. The van der Waals surface area contributed by atoms with Crippen molar-refractivity contribution in [2.75, 3.05) is 5.32 Å². The first kappa shape index (κ1) is 23.0. The second-order valence-corrected chi connectivity index (χ2v) is 10.3. The summed E-state index contributed by atoms with van der Waals surface area (Å²) in [6, 6.07) is 13.7. The summed E-state index contributed by atoms with van der Waals surface area (Å²) in [5.74, 6) is -0.456. The number of carbonyl (C=O) groups excluding carboxylic acids is 1. The Bertz CT molecular complexity index is 1230. The Hall–Kier alpha value is -2.68. The Morgan fingerprint density at radius 2 is 1.71 bits per heavy atom. The first-order valence-electron chi connectivity index (χ1n) is 9.65. The van der Waals surface area contributed by atoms with Gasteiger partial charge in [0, 0.05) is 11.1 Å². The van der Waals surface area contributed by atoms with Gasteiger partial charge < -0.3 is 5.32 Å². The number of aromatic nitrogens is 2. The minimum Gasteiger partial charge on any atom is -0.319 e. The zero-order valence-corrected chi connectivity index (χ0v) is 19.6. The normalized spacial score (nSPS) is 12.1. The molecule has 1 aromatic heterocycles. The number of sulfonamides is 1. The van der Waals surface area contributed by atoms with Crippen molar-refractivity contribution in [3.8, 4) is 5.69 Å². The number of para-hydroxylation sites is 1. The summed E-state index contributed by atoms with van der Waals surface area (Å²) in [7, 11) is -3.90. The van der Waals surface area contributed by atoms with Crippen LogP contribution in [0.4, 0.5) is 5.69 Å². The van der Waals surface area contributed by atoms with E-state index in [1.54, 1.807) is 32.4 Å². The summed E-state index contributed by atoms with van der Waals surface area (Å²) >= 11 is 6.13. The van der Waals surface area contributed by atoms with Gasteiger partial charge in [0.2, 0.25) is 10.0 Å². The lowest BCUT2D eigenvalue weighted by atomic mass is 10.1. The van der Waals surface area contributed by atoms with Gasteiger partial charge in [-0.15, -0.1) is 0 Å². The Balaban J connectivity index is 1.93. The number of hydrogen-bond donors (Lipinski definition) is 2. The Kier molecular flexibility index (Phi) is 6.27. The van der Waals surface area contributed by atoms with Crippen molar-refractivity contribution in [2.24, 2.45) is 0 Å². The molecule has 1 heterocycles. The lowest BCUT2D eigenvalue weighted by molar-refractivity contribution is 0.102. The van der Waals surface area contributed by atoms with E-state index in [9.17, 15) is 13.2 Å². The van der Waals surface area contributed by atoms with E-state index >= 15 is 0 Å². The summed E-state index contributed by atoms with van der Waals surface area (Å²) in [6.07, 6.45) is 0. The molecule has 164 valence electrons. The molecule has 3 rings (SSSR count). The van der Waals surface area contributed by atoms with Crippen LogP contribution in [0.25, 0.3) is 5.69 Å². The highest BCUT2D eigenvalue weighted by molar-refractivity contribution is 7.89. The van der Waals surface area contributed by atoms with Crippen LogP contribution in [0, 0.1) is 13.8 Å². The molecule has 0 aliphatic heterocycles. The highest BCUT2D eigenvalue weighted by atomic mass is 35.5. The number of amides is 1. The van der Waals surface area contributed by atoms with E-state index in [4.69, 9.17) is 11.6 Å². The molecule has 7 nitrogen and oxygen atoms in total. The SMILES string of the molecule is Cc1nn(-c2ccccc2)c(C)c1NC(=O)c1ccc(Cl)c(S(=O)(=O)NC(C)(C)C)c1. The number of aryl methyl sites for hydroxylation is 1. The maximum absolute atomic E-state index is 12.9. The van der Waals surface area contributed by atoms with Gasteiger partial charge in [-0.05, 0) is 65.0 Å². The molecule has 1 amide bonds. The van der Waals surface area contributed by atoms with Crippen molar-refractivity contribution in [3.63, 3.8) is 0 Å². The molecule has 0 unspecified atom stereocenters. The number of hydrogen-bond acceptors (Lipinski definition) is 4. The molecule has 31 heavy (non-hydrogen) atoms. The summed E-state index contributed by atoms with van der Waals surface area (Å²) in [5.41, 5.74) is 2.32. The van der Waals surface area contributed by atoms with Gasteiger partial charge in [-0.2, -0.15) is 5.10 Å². The molecule has 2 aromatic carbocycles. The zero-order valence-electron chi connectivity index (χ0n) is 18.0. The predicted octanol–water partition coefficient (Wildman–Crippen LogP) is 4.47. The monoisotopic (exact) mass is 460 g/mol. The number of nitrogens with zero attached hydrogens (tertiary/aromatic N) is 2. The van der Waals surface area contributed by atoms with E-state index in [1.165, 1.54) is 18.2 Å². The molecule has 0 radical (unpaired) electrons. The minimum absolute atomic E-state index is 0.0394. The molecule has 0 aliphatic carbocycles. The van der Waals surface area contributed by atoms with Crippen LogP contribution < -0.4 is 10.0 Å². The highest BCUT2D eigenvalue weighted by Gasteiger charge is 2.26. The van der Waals surface area contributed by atoms with Crippen LogP contribution in [0.5, 0.6) is 0 Å². The molecule has 0 saturated heterocycles. The van der Waals surface area contributed by atoms with E-state index in [-0.39, 0.29) is 15.5 Å². The summed E-state index contributed by atoms with van der Waals surface area (Å²) in [4.78, 5) is 12.8. The second kappa shape index (κ2) is 8.45. The molecule has 9 heteroatoms. The largest absolute Gasteiger partial charge is 0.319 e. The van der Waals surface area contributed by atoms with Crippen molar-refractivity contribution in [1.29, 1.82) is 0 Å². The van der Waals surface area contributed by atoms with E-state index in [1.807, 2.05) is 37.3 Å². The number of carbonyl (C=O) groups is 1. The fraction of sp³-hybridized carbons (Fsp3) is 0.273. The van der Waals surface area contributed by atoms with Gasteiger partial charge >= 0.3 is 0 Å². The summed E-state index contributed by atoms with van der Waals surface area (Å²) in [5, 5.41) is 7.40. The van der Waals surface area contributed by atoms with E-state index < -0.39 is 21.5 Å². The average Bonchev–Trinajstić information content (AvgIpc) is 2.95. The van der Waals surface area contributed by atoms with Crippen LogP contribution in [0.15, 0.2) is 53.4 Å². The zero-order chi connectivity index (χ0) is 23.0. The van der Waals surface area contributed by atoms with E-state index in [0.29, 0.717) is 11.4 Å². The van der Waals surface area contributed by atoms with Crippen LogP contribution in [-0.2, 0) is 10.0 Å². The van der Waals surface area contributed by atoms with Crippen molar-refractivity contribution in [3.05, 3.63) is 70.5 Å². The molecule has 0 saturated carbocycles. The third-order valence-corrected chi connectivity index (χ3v) is 6.69. The van der Waals surface area contributed by atoms with Gasteiger partial charge in [0.25, 0.3) is 5.91 Å². The number of halogens is 1. The standard InChI is InChI=1S/C22H25ClN4O3S/c1-14-20(15(2)27(25-14)17-9-7-6-8-10-17)24-21(28)16-11-12-18(23)19(13-16)31(29,30)26-22(3,4)5/h6-13,26H,1-5H3,(H,24,28).